The molecule has 9 nitrogen and oxygen atoms in total. The summed E-state index contributed by atoms with van der Waals surface area (Å²) in [6, 6.07) is 11.8. The number of nitrogens with zero attached hydrogens (tertiary/aromatic N) is 6. The van der Waals surface area contributed by atoms with Crippen molar-refractivity contribution in [3.05, 3.63) is 60.2 Å². The predicted octanol–water partition coefficient (Wildman–Crippen LogP) is 2.83. The first kappa shape index (κ1) is 19.2. The lowest BCUT2D eigenvalue weighted by atomic mass is 9.86. The van der Waals surface area contributed by atoms with Crippen molar-refractivity contribution in [2.75, 3.05) is 4.90 Å². The second kappa shape index (κ2) is 7.82. The molecule has 0 radical (unpaired) electrons. The molecule has 0 saturated heterocycles. The summed E-state index contributed by atoms with van der Waals surface area (Å²) in [6.07, 6.45) is 8.96. The van der Waals surface area contributed by atoms with Gasteiger partial charge in [-0.2, -0.15) is 9.98 Å². The van der Waals surface area contributed by atoms with E-state index in [4.69, 9.17) is 21.0 Å². The quantitative estimate of drug-likeness (QED) is 0.668. The zero-order valence-corrected chi connectivity index (χ0v) is 17.1. The molecule has 31 heavy (non-hydrogen) atoms. The molecule has 1 aromatic carbocycles. The van der Waals surface area contributed by atoms with Gasteiger partial charge in [-0.15, -0.1) is 0 Å². The summed E-state index contributed by atoms with van der Waals surface area (Å²) in [5.41, 5.74) is 14.7. The van der Waals surface area contributed by atoms with E-state index in [2.05, 4.69) is 20.1 Å². The summed E-state index contributed by atoms with van der Waals surface area (Å²) in [5, 5.41) is 4.11. The topological polar surface area (TPSA) is 132 Å². The molecule has 158 valence electrons. The maximum absolute atomic E-state index is 6.41. The number of aromatic nitrogens is 3. The van der Waals surface area contributed by atoms with E-state index in [9.17, 15) is 0 Å². The normalized spacial score (nSPS) is 18.0. The van der Waals surface area contributed by atoms with Crippen LogP contribution >= 0.6 is 0 Å². The smallest absolute Gasteiger partial charge is 0.231 e. The maximum atomic E-state index is 6.41. The van der Waals surface area contributed by atoms with Crippen LogP contribution in [0, 0.1) is 0 Å². The Balaban J connectivity index is 1.50. The fourth-order valence-corrected chi connectivity index (χ4v) is 4.45. The molecule has 1 aliphatic heterocycles. The van der Waals surface area contributed by atoms with Gasteiger partial charge in [-0.25, -0.2) is 4.99 Å². The van der Waals surface area contributed by atoms with E-state index in [0.717, 1.165) is 42.5 Å². The van der Waals surface area contributed by atoms with Gasteiger partial charge in [0.25, 0.3) is 0 Å². The number of hydrogen-bond donors (Lipinski definition) is 2. The van der Waals surface area contributed by atoms with Gasteiger partial charge in [-0.05, 0) is 49.4 Å². The van der Waals surface area contributed by atoms with E-state index in [-0.39, 0.29) is 5.96 Å². The van der Waals surface area contributed by atoms with Crippen molar-refractivity contribution < 1.29 is 4.52 Å². The highest BCUT2D eigenvalue weighted by molar-refractivity contribution is 6.06. The van der Waals surface area contributed by atoms with Crippen molar-refractivity contribution >= 4 is 17.6 Å². The number of pyridine rings is 1. The van der Waals surface area contributed by atoms with Crippen LogP contribution in [0.3, 0.4) is 0 Å². The minimum atomic E-state index is -0.500. The molecule has 0 bridgehead atoms. The second-order valence-corrected chi connectivity index (χ2v) is 7.88. The summed E-state index contributed by atoms with van der Waals surface area (Å²) in [7, 11) is 0. The Bertz CT molecular complexity index is 1130. The van der Waals surface area contributed by atoms with Crippen LogP contribution in [-0.4, -0.2) is 32.7 Å². The molecule has 4 N–H and O–H groups in total. The van der Waals surface area contributed by atoms with Gasteiger partial charge in [-0.3, -0.25) is 9.88 Å². The summed E-state index contributed by atoms with van der Waals surface area (Å²) < 4.78 is 5.53. The van der Waals surface area contributed by atoms with Gasteiger partial charge in [0.15, 0.2) is 0 Å². The molecule has 0 atom stereocenters. The molecule has 1 saturated carbocycles. The van der Waals surface area contributed by atoms with Crippen LogP contribution in [0.15, 0.2) is 63.3 Å². The highest BCUT2D eigenvalue weighted by Gasteiger charge is 2.43. The molecule has 0 amide bonds. The van der Waals surface area contributed by atoms with Gasteiger partial charge < -0.3 is 16.0 Å². The minimum absolute atomic E-state index is 0.242. The molecule has 2 aromatic heterocycles. The number of para-hydroxylation sites is 1. The molecule has 3 aromatic rings. The number of aliphatic imine (C=N–C) groups is 2. The fourth-order valence-electron chi connectivity index (χ4n) is 4.45. The zero-order valence-electron chi connectivity index (χ0n) is 17.1. The number of benzene rings is 1. The molecular weight excluding hydrogens is 392 g/mol. The van der Waals surface area contributed by atoms with Gasteiger partial charge in [0.05, 0.1) is 6.42 Å². The maximum Gasteiger partial charge on any atom is 0.231 e. The predicted molar refractivity (Wildman–Crippen MR) is 118 cm³/mol. The Morgan fingerprint density at radius 1 is 1.03 bits per heavy atom. The Morgan fingerprint density at radius 3 is 2.68 bits per heavy atom. The number of anilines is 1. The van der Waals surface area contributed by atoms with Gasteiger partial charge in [0.1, 0.15) is 5.66 Å². The van der Waals surface area contributed by atoms with E-state index in [1.165, 1.54) is 6.42 Å². The Morgan fingerprint density at radius 2 is 1.87 bits per heavy atom. The molecule has 2 aliphatic rings. The average molecular weight is 416 g/mol. The molecule has 3 heterocycles. The van der Waals surface area contributed by atoms with Gasteiger partial charge in [0.2, 0.25) is 23.6 Å². The minimum Gasteiger partial charge on any atom is -0.369 e. The van der Waals surface area contributed by atoms with Gasteiger partial charge in [0, 0.05) is 23.6 Å². The third-order valence-corrected chi connectivity index (χ3v) is 5.81. The van der Waals surface area contributed by atoms with Crippen LogP contribution in [0.25, 0.3) is 11.4 Å². The van der Waals surface area contributed by atoms with E-state index in [1.54, 1.807) is 12.4 Å². The zero-order chi connectivity index (χ0) is 21.3. The van der Waals surface area contributed by atoms with E-state index < -0.39 is 5.66 Å². The first-order valence-corrected chi connectivity index (χ1v) is 10.5. The summed E-state index contributed by atoms with van der Waals surface area (Å²) in [6.45, 7) is 0. The number of nitrogens with two attached hydrogens (primary N) is 2. The first-order chi connectivity index (χ1) is 15.1. The first-order valence-electron chi connectivity index (χ1n) is 10.5. The van der Waals surface area contributed by atoms with Crippen LogP contribution in [0.1, 0.15) is 43.6 Å². The van der Waals surface area contributed by atoms with E-state index in [1.807, 2.05) is 41.3 Å². The average Bonchev–Trinajstić information content (AvgIpc) is 3.24. The summed E-state index contributed by atoms with van der Waals surface area (Å²) in [4.78, 5) is 19.7. The molecule has 9 heteroatoms. The van der Waals surface area contributed by atoms with Crippen LogP contribution in [0.4, 0.5) is 5.69 Å². The number of guanidine groups is 2. The second-order valence-electron chi connectivity index (χ2n) is 7.88. The van der Waals surface area contributed by atoms with Crippen molar-refractivity contribution in [1.82, 2.24) is 15.1 Å². The number of rotatable bonds is 4. The van der Waals surface area contributed by atoms with Gasteiger partial charge >= 0.3 is 0 Å². The molecule has 1 aliphatic carbocycles. The lowest BCUT2D eigenvalue weighted by Crippen LogP contribution is -2.58. The highest BCUT2D eigenvalue weighted by Crippen LogP contribution is 2.40. The lowest BCUT2D eigenvalue weighted by Gasteiger charge is -2.46. The van der Waals surface area contributed by atoms with Crippen molar-refractivity contribution in [3.63, 3.8) is 0 Å². The standard InChI is InChI=1S/C22H24N8O/c23-20-27-21(24)30(22(28-20)10-4-1-5-11-22)17-9-3-2-7-15(17)13-18-26-19(29-31-18)16-8-6-12-25-14-16/h2-3,6-9,12,14H,1,4-5,10-11,13H2,(H4,23,24,27,28). The SMILES string of the molecule is NC1=NC2(CCCCC2)N(c2ccccc2Cc2nc(-c3cccnc3)no2)C(N)=N1. The van der Waals surface area contributed by atoms with Crippen molar-refractivity contribution in [2.45, 2.75) is 44.2 Å². The summed E-state index contributed by atoms with van der Waals surface area (Å²) >= 11 is 0. The molecule has 5 rings (SSSR count). The van der Waals surface area contributed by atoms with Crippen LogP contribution < -0.4 is 16.4 Å². The molecule has 0 unspecified atom stereocenters. The largest absolute Gasteiger partial charge is 0.369 e. The van der Waals surface area contributed by atoms with Crippen molar-refractivity contribution in [2.24, 2.45) is 21.5 Å². The third kappa shape index (κ3) is 3.63. The Hall–Kier alpha value is -3.75. The molecular formula is C22H24N8O. The summed E-state index contributed by atoms with van der Waals surface area (Å²) in [5.74, 6) is 1.63. The van der Waals surface area contributed by atoms with Crippen LogP contribution in [-0.2, 0) is 6.42 Å². The van der Waals surface area contributed by atoms with Crippen molar-refractivity contribution in [1.29, 1.82) is 0 Å². The fraction of sp³-hybridized carbons (Fsp3) is 0.318. The Kier molecular flexibility index (Phi) is 4.85. The highest BCUT2D eigenvalue weighted by atomic mass is 16.5. The van der Waals surface area contributed by atoms with Crippen LogP contribution in [0.2, 0.25) is 0 Å². The Labute approximate surface area is 179 Å². The molecule has 1 fully saturated rings. The van der Waals surface area contributed by atoms with Crippen molar-refractivity contribution in [3.8, 4) is 11.4 Å². The van der Waals surface area contributed by atoms with E-state index >= 15 is 0 Å². The van der Waals surface area contributed by atoms with Crippen LogP contribution in [0.5, 0.6) is 0 Å². The monoisotopic (exact) mass is 416 g/mol. The van der Waals surface area contributed by atoms with Gasteiger partial charge in [-0.1, -0.05) is 29.8 Å². The lowest BCUT2D eigenvalue weighted by molar-refractivity contribution is 0.305. The van der Waals surface area contributed by atoms with E-state index in [0.29, 0.717) is 24.1 Å². The number of hydrogen-bond acceptors (Lipinski definition) is 9. The molecule has 1 spiro atoms. The third-order valence-electron chi connectivity index (χ3n) is 5.81.